The van der Waals surface area contributed by atoms with Gasteiger partial charge < -0.3 is 15.5 Å². The van der Waals surface area contributed by atoms with Crippen molar-refractivity contribution in [3.05, 3.63) is 11.9 Å². The molecule has 0 aliphatic carbocycles. The van der Waals surface area contributed by atoms with Gasteiger partial charge in [-0.05, 0) is 26.2 Å². The van der Waals surface area contributed by atoms with Crippen LogP contribution in [-0.4, -0.2) is 28.7 Å². The minimum atomic E-state index is -0.0685. The van der Waals surface area contributed by atoms with Gasteiger partial charge in [-0.2, -0.15) is 0 Å². The van der Waals surface area contributed by atoms with E-state index in [1.165, 1.54) is 6.33 Å². The van der Waals surface area contributed by atoms with E-state index in [0.717, 1.165) is 43.7 Å². The summed E-state index contributed by atoms with van der Waals surface area (Å²) in [4.78, 5) is 8.55. The Labute approximate surface area is 114 Å². The minimum Gasteiger partial charge on any atom is -0.379 e. The van der Waals surface area contributed by atoms with Crippen LogP contribution in [0.15, 0.2) is 6.33 Å². The zero-order valence-corrected chi connectivity index (χ0v) is 11.7. The molecule has 1 atom stereocenters. The second kappa shape index (κ2) is 6.16. The molecule has 6 nitrogen and oxygen atoms in total. The van der Waals surface area contributed by atoms with Crippen molar-refractivity contribution in [2.45, 2.75) is 45.1 Å². The first-order chi connectivity index (χ1) is 9.18. The molecule has 1 aromatic heterocycles. The Hall–Kier alpha value is -1.40. The second-order valence-corrected chi connectivity index (χ2v) is 5.29. The van der Waals surface area contributed by atoms with Gasteiger partial charge in [0.05, 0.1) is 12.1 Å². The van der Waals surface area contributed by atoms with Crippen molar-refractivity contribution in [3.8, 4) is 0 Å². The topological polar surface area (TPSA) is 85.1 Å². The number of nitrogen functional groups attached to an aromatic ring is 1. The molecule has 1 aromatic rings. The molecule has 2 rings (SSSR count). The van der Waals surface area contributed by atoms with Crippen LogP contribution in [-0.2, 0) is 11.2 Å². The number of hydrogen-bond acceptors (Lipinski definition) is 6. The van der Waals surface area contributed by atoms with Crippen molar-refractivity contribution < 1.29 is 4.74 Å². The molecule has 19 heavy (non-hydrogen) atoms. The molecule has 0 aromatic carbocycles. The van der Waals surface area contributed by atoms with Gasteiger partial charge in [-0.25, -0.2) is 15.8 Å². The summed E-state index contributed by atoms with van der Waals surface area (Å²) in [6, 6.07) is 0. The molecule has 0 bridgehead atoms. The lowest BCUT2D eigenvalue weighted by atomic mass is 9.94. The maximum Gasteiger partial charge on any atom is 0.148 e. The molecule has 1 saturated heterocycles. The van der Waals surface area contributed by atoms with Crippen LogP contribution in [0.4, 0.5) is 11.6 Å². The minimum absolute atomic E-state index is 0.0685. The third-order valence-electron chi connectivity index (χ3n) is 3.44. The number of aromatic nitrogens is 2. The lowest BCUT2D eigenvalue weighted by Gasteiger charge is -2.35. The first-order valence-electron chi connectivity index (χ1n) is 6.85. The predicted molar refractivity (Wildman–Crippen MR) is 75.9 cm³/mol. The fourth-order valence-corrected chi connectivity index (χ4v) is 2.45. The van der Waals surface area contributed by atoms with Gasteiger partial charge in [-0.3, -0.25) is 0 Å². The molecule has 1 unspecified atom stereocenters. The summed E-state index contributed by atoms with van der Waals surface area (Å²) < 4.78 is 5.57. The number of nitrogens with zero attached hydrogens (tertiary/aromatic N) is 2. The Morgan fingerprint density at radius 3 is 2.84 bits per heavy atom. The third-order valence-corrected chi connectivity index (χ3v) is 3.44. The first kappa shape index (κ1) is 14.0. The molecule has 1 aliphatic rings. The Bertz CT molecular complexity index is 417. The van der Waals surface area contributed by atoms with Crippen molar-refractivity contribution in [2.75, 3.05) is 24.0 Å². The Morgan fingerprint density at radius 2 is 2.21 bits per heavy atom. The van der Waals surface area contributed by atoms with Gasteiger partial charge in [0, 0.05) is 12.2 Å². The third kappa shape index (κ3) is 3.33. The lowest BCUT2D eigenvalue weighted by molar-refractivity contribution is 0.0538. The number of nitrogens with two attached hydrogens (primary N) is 1. The number of ether oxygens (including phenoxy) is 1. The van der Waals surface area contributed by atoms with Crippen LogP contribution in [0, 0.1) is 0 Å². The van der Waals surface area contributed by atoms with Crippen molar-refractivity contribution in [2.24, 2.45) is 5.84 Å². The second-order valence-electron chi connectivity index (χ2n) is 5.29. The van der Waals surface area contributed by atoms with E-state index in [-0.39, 0.29) is 5.54 Å². The molecular weight excluding hydrogens is 242 g/mol. The fraction of sp³-hybridized carbons (Fsp3) is 0.692. The van der Waals surface area contributed by atoms with Crippen LogP contribution in [0.1, 0.15) is 38.7 Å². The number of anilines is 2. The Morgan fingerprint density at radius 1 is 1.42 bits per heavy atom. The zero-order chi connectivity index (χ0) is 13.7. The standard InChI is InChI=1S/C13H23N5O/c1-3-5-10-11(15-9-16-12(10)18-14)17-13(2)6-4-7-19-8-13/h9H,3-8,14H2,1-2H3,(H2,15,16,17,18). The molecule has 2 heterocycles. The van der Waals surface area contributed by atoms with E-state index in [0.29, 0.717) is 12.4 Å². The van der Waals surface area contributed by atoms with Crippen molar-refractivity contribution in [3.63, 3.8) is 0 Å². The largest absolute Gasteiger partial charge is 0.379 e. The number of hydrogen-bond donors (Lipinski definition) is 3. The molecule has 0 radical (unpaired) electrons. The van der Waals surface area contributed by atoms with Crippen molar-refractivity contribution >= 4 is 11.6 Å². The summed E-state index contributed by atoms with van der Waals surface area (Å²) in [6.07, 6.45) is 5.58. The molecule has 1 fully saturated rings. The van der Waals surface area contributed by atoms with E-state index in [4.69, 9.17) is 10.6 Å². The Balaban J connectivity index is 2.23. The average Bonchev–Trinajstić information content (AvgIpc) is 2.41. The zero-order valence-electron chi connectivity index (χ0n) is 11.7. The van der Waals surface area contributed by atoms with Crippen molar-refractivity contribution in [1.29, 1.82) is 0 Å². The SMILES string of the molecule is CCCc1c(NN)ncnc1NC1(C)CCCOC1. The smallest absolute Gasteiger partial charge is 0.148 e. The highest BCUT2D eigenvalue weighted by atomic mass is 16.5. The summed E-state index contributed by atoms with van der Waals surface area (Å²) in [5.41, 5.74) is 3.62. The highest BCUT2D eigenvalue weighted by Crippen LogP contribution is 2.27. The van der Waals surface area contributed by atoms with Gasteiger partial charge in [-0.15, -0.1) is 0 Å². The van der Waals surface area contributed by atoms with Crippen LogP contribution in [0.5, 0.6) is 0 Å². The van der Waals surface area contributed by atoms with Crippen LogP contribution in [0.3, 0.4) is 0 Å². The maximum absolute atomic E-state index is 5.57. The quantitative estimate of drug-likeness (QED) is 0.555. The number of rotatable bonds is 5. The summed E-state index contributed by atoms with van der Waals surface area (Å²) in [7, 11) is 0. The molecule has 0 spiro atoms. The van der Waals surface area contributed by atoms with E-state index in [1.54, 1.807) is 0 Å². The van der Waals surface area contributed by atoms with Crippen LogP contribution in [0.2, 0.25) is 0 Å². The summed E-state index contributed by atoms with van der Waals surface area (Å²) >= 11 is 0. The molecular formula is C13H23N5O. The normalized spacial score (nSPS) is 23.1. The van der Waals surface area contributed by atoms with Crippen LogP contribution in [0.25, 0.3) is 0 Å². The fourth-order valence-electron chi connectivity index (χ4n) is 2.45. The maximum atomic E-state index is 5.57. The van der Waals surface area contributed by atoms with Crippen LogP contribution >= 0.6 is 0 Å². The summed E-state index contributed by atoms with van der Waals surface area (Å²) in [5.74, 6) is 7.08. The van der Waals surface area contributed by atoms with E-state index < -0.39 is 0 Å². The number of hydrazine groups is 1. The molecule has 6 heteroatoms. The first-order valence-corrected chi connectivity index (χ1v) is 6.85. The van der Waals surface area contributed by atoms with E-state index in [9.17, 15) is 0 Å². The Kier molecular flexibility index (Phi) is 4.55. The van der Waals surface area contributed by atoms with Gasteiger partial charge in [0.1, 0.15) is 18.0 Å². The molecule has 4 N–H and O–H groups in total. The highest BCUT2D eigenvalue weighted by Gasteiger charge is 2.29. The van der Waals surface area contributed by atoms with Crippen LogP contribution < -0.4 is 16.6 Å². The number of nitrogens with one attached hydrogen (secondary N) is 2. The van der Waals surface area contributed by atoms with E-state index in [2.05, 4.69) is 34.6 Å². The lowest BCUT2D eigenvalue weighted by Crippen LogP contribution is -2.43. The molecule has 0 amide bonds. The van der Waals surface area contributed by atoms with Gasteiger partial charge in [0.15, 0.2) is 0 Å². The highest BCUT2D eigenvalue weighted by molar-refractivity contribution is 5.58. The van der Waals surface area contributed by atoms with E-state index >= 15 is 0 Å². The average molecular weight is 265 g/mol. The van der Waals surface area contributed by atoms with E-state index in [1.807, 2.05) is 0 Å². The van der Waals surface area contributed by atoms with Crippen molar-refractivity contribution in [1.82, 2.24) is 9.97 Å². The summed E-state index contributed by atoms with van der Waals surface area (Å²) in [6.45, 7) is 5.84. The molecule has 1 aliphatic heterocycles. The molecule has 106 valence electrons. The monoisotopic (exact) mass is 265 g/mol. The van der Waals surface area contributed by atoms with Gasteiger partial charge >= 0.3 is 0 Å². The summed E-state index contributed by atoms with van der Waals surface area (Å²) in [5, 5.41) is 3.51. The molecule has 0 saturated carbocycles. The van der Waals surface area contributed by atoms with Gasteiger partial charge in [0.25, 0.3) is 0 Å². The van der Waals surface area contributed by atoms with Gasteiger partial charge in [0.2, 0.25) is 0 Å². The predicted octanol–water partition coefficient (Wildman–Crippen LogP) is 1.70. The van der Waals surface area contributed by atoms with Gasteiger partial charge in [-0.1, -0.05) is 13.3 Å².